The molecule has 0 aromatic heterocycles. The number of likely N-dealkylation sites (N-methyl/N-ethyl adjacent to an activating group) is 1. The number of carbonyl (C=O) groups is 1. The molecule has 0 aliphatic heterocycles. The van der Waals surface area contributed by atoms with Gasteiger partial charge in [0, 0.05) is 6.04 Å². The van der Waals surface area contributed by atoms with E-state index in [2.05, 4.69) is 15.5 Å². The molecule has 0 saturated heterocycles. The molecule has 4 heteroatoms. The summed E-state index contributed by atoms with van der Waals surface area (Å²) in [6.45, 7) is 3.42. The summed E-state index contributed by atoms with van der Waals surface area (Å²) in [5.41, 5.74) is 0. The van der Waals surface area contributed by atoms with Crippen molar-refractivity contribution in [2.75, 3.05) is 34.2 Å². The number of rotatable bonds is 6. The molecule has 0 saturated carbocycles. The zero-order valence-corrected chi connectivity index (χ0v) is 9.05. The lowest BCUT2D eigenvalue weighted by Crippen LogP contribution is -2.39. The predicted molar refractivity (Wildman–Crippen MR) is 54.7 cm³/mol. The van der Waals surface area contributed by atoms with Crippen LogP contribution in [0.1, 0.15) is 13.3 Å². The number of nitrogens with one attached hydrogen (secondary N) is 2. The van der Waals surface area contributed by atoms with Gasteiger partial charge >= 0.3 is 0 Å². The van der Waals surface area contributed by atoms with Gasteiger partial charge in [0.25, 0.3) is 0 Å². The van der Waals surface area contributed by atoms with Gasteiger partial charge in [-0.2, -0.15) is 0 Å². The monoisotopic (exact) mass is 187 g/mol. The van der Waals surface area contributed by atoms with E-state index in [0.29, 0.717) is 6.54 Å². The average molecular weight is 187 g/mol. The van der Waals surface area contributed by atoms with Crippen LogP contribution in [0.2, 0.25) is 0 Å². The van der Waals surface area contributed by atoms with Crippen LogP contribution in [0.25, 0.3) is 0 Å². The molecule has 1 unspecified atom stereocenters. The fraction of sp³-hybridized carbons (Fsp3) is 0.889. The van der Waals surface area contributed by atoms with Crippen LogP contribution in [0.3, 0.4) is 0 Å². The molecule has 0 bridgehead atoms. The van der Waals surface area contributed by atoms with Crippen molar-refractivity contribution in [2.45, 2.75) is 19.4 Å². The maximum absolute atomic E-state index is 11.1. The van der Waals surface area contributed by atoms with Gasteiger partial charge in [-0.3, -0.25) is 4.79 Å². The van der Waals surface area contributed by atoms with E-state index in [-0.39, 0.29) is 11.9 Å². The van der Waals surface area contributed by atoms with Gasteiger partial charge in [-0.25, -0.2) is 0 Å². The van der Waals surface area contributed by atoms with Crippen molar-refractivity contribution in [1.29, 1.82) is 0 Å². The number of hydrogen-bond donors (Lipinski definition) is 2. The highest BCUT2D eigenvalue weighted by atomic mass is 16.1. The number of carbonyl (C=O) groups excluding carboxylic acids is 1. The van der Waals surface area contributed by atoms with Crippen LogP contribution in [0.4, 0.5) is 0 Å². The van der Waals surface area contributed by atoms with Gasteiger partial charge in [-0.1, -0.05) is 0 Å². The minimum atomic E-state index is 0.0637. The van der Waals surface area contributed by atoms with Crippen LogP contribution in [-0.4, -0.2) is 51.1 Å². The second-order valence-electron chi connectivity index (χ2n) is 3.59. The van der Waals surface area contributed by atoms with E-state index in [1.165, 1.54) is 0 Å². The Labute approximate surface area is 80.7 Å². The topological polar surface area (TPSA) is 44.4 Å². The van der Waals surface area contributed by atoms with Gasteiger partial charge in [-0.15, -0.1) is 0 Å². The highest BCUT2D eigenvalue weighted by molar-refractivity contribution is 5.78. The maximum Gasteiger partial charge on any atom is 0.234 e. The Kier molecular flexibility index (Phi) is 6.54. The van der Waals surface area contributed by atoms with Gasteiger partial charge in [0.1, 0.15) is 0 Å². The highest BCUT2D eigenvalue weighted by Crippen LogP contribution is 1.91. The molecule has 4 nitrogen and oxygen atoms in total. The second-order valence-corrected chi connectivity index (χ2v) is 3.59. The molecule has 0 aliphatic rings. The Balaban J connectivity index is 3.49. The van der Waals surface area contributed by atoms with Crippen molar-refractivity contribution in [3.05, 3.63) is 0 Å². The van der Waals surface area contributed by atoms with E-state index >= 15 is 0 Å². The van der Waals surface area contributed by atoms with Crippen LogP contribution in [0.5, 0.6) is 0 Å². The Morgan fingerprint density at radius 1 is 1.46 bits per heavy atom. The minimum absolute atomic E-state index is 0.0637. The first-order valence-corrected chi connectivity index (χ1v) is 4.65. The first-order valence-electron chi connectivity index (χ1n) is 4.65. The summed E-state index contributed by atoms with van der Waals surface area (Å²) in [7, 11) is 5.83. The van der Waals surface area contributed by atoms with E-state index in [1.807, 2.05) is 21.0 Å². The zero-order valence-electron chi connectivity index (χ0n) is 9.05. The largest absolute Gasteiger partial charge is 0.352 e. The molecule has 2 N–H and O–H groups in total. The molecular formula is C9H21N3O. The Morgan fingerprint density at radius 3 is 2.54 bits per heavy atom. The first-order chi connectivity index (χ1) is 6.06. The fourth-order valence-corrected chi connectivity index (χ4v) is 1.01. The van der Waals surface area contributed by atoms with E-state index in [1.54, 1.807) is 7.05 Å². The van der Waals surface area contributed by atoms with Crippen LogP contribution in [0.15, 0.2) is 0 Å². The van der Waals surface area contributed by atoms with E-state index in [0.717, 1.165) is 13.0 Å². The first kappa shape index (κ1) is 12.4. The normalized spacial score (nSPS) is 13.0. The lowest BCUT2D eigenvalue weighted by molar-refractivity contribution is -0.120. The van der Waals surface area contributed by atoms with Crippen molar-refractivity contribution in [2.24, 2.45) is 0 Å². The van der Waals surface area contributed by atoms with E-state index in [9.17, 15) is 4.79 Å². The Bertz CT molecular complexity index is 148. The Hall–Kier alpha value is -0.610. The summed E-state index contributed by atoms with van der Waals surface area (Å²) in [6.07, 6.45) is 0.989. The standard InChI is InChI=1S/C9H21N3O/c1-8(5-6-12(3)4)11-9(13)7-10-2/h8,10H,5-7H2,1-4H3,(H,11,13). The molecule has 0 aromatic carbocycles. The summed E-state index contributed by atoms with van der Waals surface area (Å²) >= 11 is 0. The van der Waals surface area contributed by atoms with Crippen molar-refractivity contribution in [3.63, 3.8) is 0 Å². The van der Waals surface area contributed by atoms with Crippen LogP contribution in [0, 0.1) is 0 Å². The number of nitrogens with zero attached hydrogens (tertiary/aromatic N) is 1. The third kappa shape index (κ3) is 7.74. The molecule has 0 rings (SSSR count). The molecule has 0 fully saturated rings. The average Bonchev–Trinajstić information content (AvgIpc) is 2.01. The van der Waals surface area contributed by atoms with Crippen LogP contribution >= 0.6 is 0 Å². The van der Waals surface area contributed by atoms with Crippen molar-refractivity contribution < 1.29 is 4.79 Å². The summed E-state index contributed by atoms with van der Waals surface area (Å²) in [5, 5.41) is 5.72. The predicted octanol–water partition coefficient (Wildman–Crippen LogP) is -0.338. The fourth-order valence-electron chi connectivity index (χ4n) is 1.01. The smallest absolute Gasteiger partial charge is 0.234 e. The Morgan fingerprint density at radius 2 is 2.08 bits per heavy atom. The molecular weight excluding hydrogens is 166 g/mol. The van der Waals surface area contributed by atoms with Gasteiger partial charge in [0.05, 0.1) is 6.54 Å². The quantitative estimate of drug-likeness (QED) is 0.598. The molecule has 0 aliphatic carbocycles. The van der Waals surface area contributed by atoms with Crippen LogP contribution < -0.4 is 10.6 Å². The zero-order chi connectivity index (χ0) is 10.3. The van der Waals surface area contributed by atoms with E-state index < -0.39 is 0 Å². The molecule has 1 amide bonds. The van der Waals surface area contributed by atoms with E-state index in [4.69, 9.17) is 0 Å². The lowest BCUT2D eigenvalue weighted by Gasteiger charge is -2.16. The lowest BCUT2D eigenvalue weighted by atomic mass is 10.2. The molecule has 1 atom stereocenters. The highest BCUT2D eigenvalue weighted by Gasteiger charge is 2.05. The van der Waals surface area contributed by atoms with Crippen molar-refractivity contribution in [3.8, 4) is 0 Å². The minimum Gasteiger partial charge on any atom is -0.352 e. The van der Waals surface area contributed by atoms with Gasteiger partial charge in [-0.05, 0) is 41.0 Å². The molecule has 13 heavy (non-hydrogen) atoms. The van der Waals surface area contributed by atoms with Gasteiger partial charge in [0.2, 0.25) is 5.91 Å². The number of amides is 1. The third-order valence-electron chi connectivity index (χ3n) is 1.75. The summed E-state index contributed by atoms with van der Waals surface area (Å²) < 4.78 is 0. The SMILES string of the molecule is CNCC(=O)NC(C)CCN(C)C. The molecule has 0 radical (unpaired) electrons. The summed E-state index contributed by atoms with van der Waals surface area (Å²) in [5.74, 6) is 0.0637. The molecule has 0 heterocycles. The van der Waals surface area contributed by atoms with Crippen molar-refractivity contribution in [1.82, 2.24) is 15.5 Å². The van der Waals surface area contributed by atoms with Gasteiger partial charge < -0.3 is 15.5 Å². The molecule has 78 valence electrons. The number of hydrogen-bond acceptors (Lipinski definition) is 3. The molecule has 0 aromatic rings. The van der Waals surface area contributed by atoms with Gasteiger partial charge in [0.15, 0.2) is 0 Å². The third-order valence-corrected chi connectivity index (χ3v) is 1.75. The maximum atomic E-state index is 11.1. The summed E-state index contributed by atoms with van der Waals surface area (Å²) in [4.78, 5) is 13.2. The second kappa shape index (κ2) is 6.86. The van der Waals surface area contributed by atoms with Crippen molar-refractivity contribution >= 4 is 5.91 Å². The molecule has 0 spiro atoms. The van der Waals surface area contributed by atoms with Crippen LogP contribution in [-0.2, 0) is 4.79 Å². The summed E-state index contributed by atoms with van der Waals surface area (Å²) in [6, 6.07) is 0.253.